The van der Waals surface area contributed by atoms with Gasteiger partial charge in [0.05, 0.1) is 19.0 Å². The third kappa shape index (κ3) is 4.78. The van der Waals surface area contributed by atoms with E-state index in [0.717, 1.165) is 28.2 Å². The summed E-state index contributed by atoms with van der Waals surface area (Å²) in [6.45, 7) is 12.3. The number of allylic oxidation sites excluding steroid dienone is 5. The Hall–Kier alpha value is -2.49. The predicted molar refractivity (Wildman–Crippen MR) is 106 cm³/mol. The number of Topliss-reactive ketones (excluding diaryl/α,β-unsaturated/α-hetero) is 1. The number of hydrogen-bond donors (Lipinski definition) is 0. The second-order valence-corrected chi connectivity index (χ2v) is 8.49. The van der Waals surface area contributed by atoms with Crippen molar-refractivity contribution >= 4 is 11.5 Å². The van der Waals surface area contributed by atoms with Crippen molar-refractivity contribution in [2.24, 2.45) is 21.1 Å². The normalized spacial score (nSPS) is 15.8. The van der Waals surface area contributed by atoms with E-state index in [1.165, 1.54) is 0 Å². The highest BCUT2D eigenvalue weighted by atomic mass is 16.5. The average Bonchev–Trinajstić information content (AvgIpc) is 2.54. The monoisotopic (exact) mass is 352 g/mol. The van der Waals surface area contributed by atoms with Crippen LogP contribution in [-0.4, -0.2) is 12.9 Å². The number of carbonyl (C=O) groups is 1. The van der Waals surface area contributed by atoms with E-state index in [4.69, 9.17) is 4.74 Å². The standard InChI is InChI=1S/C22H28N2O2/c1-21(2,3)18-12-15(13-19(20(18)25)22(4,5)6)14-23-24-16-8-10-17(26-7)11-9-16/h8-14H,1-7H3. The molecule has 4 nitrogen and oxygen atoms in total. The van der Waals surface area contributed by atoms with Crippen molar-refractivity contribution in [3.8, 4) is 5.75 Å². The maximum Gasteiger partial charge on any atom is 0.186 e. The number of methoxy groups -OCH3 is 1. The van der Waals surface area contributed by atoms with Crippen molar-refractivity contribution in [2.45, 2.75) is 41.5 Å². The average molecular weight is 352 g/mol. The predicted octanol–water partition coefficient (Wildman–Crippen LogP) is 6.19. The largest absolute Gasteiger partial charge is 0.497 e. The SMILES string of the molecule is COc1ccc(N=NC=C2C=C(C(C)(C)C)C(=O)C(C(C)(C)C)=C2)cc1. The molecule has 0 saturated heterocycles. The van der Waals surface area contributed by atoms with Gasteiger partial charge >= 0.3 is 0 Å². The lowest BCUT2D eigenvalue weighted by Gasteiger charge is -2.31. The molecule has 0 radical (unpaired) electrons. The highest BCUT2D eigenvalue weighted by Crippen LogP contribution is 2.38. The minimum atomic E-state index is -0.228. The van der Waals surface area contributed by atoms with Gasteiger partial charge in [0.2, 0.25) is 0 Å². The number of nitrogens with zero attached hydrogens (tertiary/aromatic N) is 2. The number of ketones is 1. The maximum atomic E-state index is 12.9. The molecule has 1 aliphatic carbocycles. The van der Waals surface area contributed by atoms with Crippen molar-refractivity contribution in [1.82, 2.24) is 0 Å². The lowest BCUT2D eigenvalue weighted by molar-refractivity contribution is -0.114. The fraction of sp³-hybridized carbons (Fsp3) is 0.409. The molecule has 1 aromatic rings. The van der Waals surface area contributed by atoms with Crippen LogP contribution in [0, 0.1) is 10.8 Å². The van der Waals surface area contributed by atoms with E-state index in [1.807, 2.05) is 36.4 Å². The molecule has 1 aliphatic rings. The van der Waals surface area contributed by atoms with Gasteiger partial charge in [0.1, 0.15) is 5.75 Å². The van der Waals surface area contributed by atoms with Crippen LogP contribution in [0.2, 0.25) is 0 Å². The van der Waals surface area contributed by atoms with E-state index in [0.29, 0.717) is 0 Å². The van der Waals surface area contributed by atoms with Crippen LogP contribution in [0.4, 0.5) is 5.69 Å². The topological polar surface area (TPSA) is 51.0 Å². The number of carbonyl (C=O) groups excluding carboxylic acids is 1. The van der Waals surface area contributed by atoms with Gasteiger partial charge in [-0.2, -0.15) is 10.2 Å². The van der Waals surface area contributed by atoms with Gasteiger partial charge in [0.15, 0.2) is 5.78 Å². The number of ether oxygens (including phenoxy) is 1. The highest BCUT2D eigenvalue weighted by molar-refractivity contribution is 6.11. The molecule has 1 aromatic carbocycles. The Morgan fingerprint density at radius 2 is 1.38 bits per heavy atom. The molecule has 138 valence electrons. The van der Waals surface area contributed by atoms with Gasteiger partial charge in [-0.15, -0.1) is 0 Å². The number of rotatable bonds is 3. The Morgan fingerprint density at radius 3 is 1.81 bits per heavy atom. The van der Waals surface area contributed by atoms with Crippen molar-refractivity contribution in [3.05, 3.63) is 59.3 Å². The molecule has 0 aromatic heterocycles. The molecule has 0 bridgehead atoms. The Kier molecular flexibility index (Phi) is 5.65. The summed E-state index contributed by atoms with van der Waals surface area (Å²) in [6.07, 6.45) is 5.55. The Balaban J connectivity index is 2.36. The molecule has 0 spiro atoms. The molecule has 0 fully saturated rings. The zero-order valence-electron chi connectivity index (χ0n) is 16.8. The van der Waals surface area contributed by atoms with Crippen molar-refractivity contribution in [3.63, 3.8) is 0 Å². The molecular weight excluding hydrogens is 324 g/mol. The van der Waals surface area contributed by atoms with Crippen LogP contribution < -0.4 is 4.74 Å². The number of hydrogen-bond acceptors (Lipinski definition) is 4. The molecule has 2 rings (SSSR count). The Bertz CT molecular complexity index is 760. The lowest BCUT2D eigenvalue weighted by Crippen LogP contribution is -2.27. The van der Waals surface area contributed by atoms with Crippen LogP contribution in [0.25, 0.3) is 0 Å². The van der Waals surface area contributed by atoms with E-state index >= 15 is 0 Å². The third-order valence-electron chi connectivity index (χ3n) is 4.18. The fourth-order valence-electron chi connectivity index (χ4n) is 2.65. The first-order chi connectivity index (χ1) is 12.0. The highest BCUT2D eigenvalue weighted by Gasteiger charge is 2.33. The molecule has 0 amide bonds. The van der Waals surface area contributed by atoms with E-state index in [9.17, 15) is 4.79 Å². The fourth-order valence-corrected chi connectivity index (χ4v) is 2.65. The van der Waals surface area contributed by atoms with Gasteiger partial charge in [0, 0.05) is 11.1 Å². The van der Waals surface area contributed by atoms with Gasteiger partial charge < -0.3 is 4.74 Å². The molecule has 0 atom stereocenters. The zero-order valence-corrected chi connectivity index (χ0v) is 16.8. The maximum absolute atomic E-state index is 12.9. The van der Waals surface area contributed by atoms with Crippen molar-refractivity contribution in [1.29, 1.82) is 0 Å². The van der Waals surface area contributed by atoms with Crippen molar-refractivity contribution < 1.29 is 9.53 Å². The first-order valence-electron chi connectivity index (χ1n) is 8.76. The minimum Gasteiger partial charge on any atom is -0.497 e. The summed E-state index contributed by atoms with van der Waals surface area (Å²) in [5, 5.41) is 8.42. The lowest BCUT2D eigenvalue weighted by atomic mass is 9.72. The van der Waals surface area contributed by atoms with Crippen LogP contribution in [0.15, 0.2) is 69.6 Å². The molecule has 0 heterocycles. The third-order valence-corrected chi connectivity index (χ3v) is 4.18. The van der Waals surface area contributed by atoms with E-state index in [2.05, 4.69) is 51.8 Å². The molecule has 4 heteroatoms. The second-order valence-electron chi connectivity index (χ2n) is 8.49. The molecule has 0 unspecified atom stereocenters. The summed E-state index contributed by atoms with van der Waals surface area (Å²) >= 11 is 0. The molecule has 0 aliphatic heterocycles. The Labute approximate surface area is 156 Å². The van der Waals surface area contributed by atoms with E-state index in [1.54, 1.807) is 13.3 Å². The van der Waals surface area contributed by atoms with E-state index < -0.39 is 0 Å². The van der Waals surface area contributed by atoms with Gasteiger partial charge in [-0.25, -0.2) is 0 Å². The molecule has 0 saturated carbocycles. The molecule has 26 heavy (non-hydrogen) atoms. The van der Waals surface area contributed by atoms with Crippen LogP contribution >= 0.6 is 0 Å². The first-order valence-corrected chi connectivity index (χ1v) is 8.76. The van der Waals surface area contributed by atoms with Crippen LogP contribution in [-0.2, 0) is 4.79 Å². The summed E-state index contributed by atoms with van der Waals surface area (Å²) in [5.41, 5.74) is 2.78. The van der Waals surface area contributed by atoms with Crippen LogP contribution in [0.5, 0.6) is 5.75 Å². The van der Waals surface area contributed by atoms with Crippen molar-refractivity contribution in [2.75, 3.05) is 7.11 Å². The minimum absolute atomic E-state index is 0.120. The smallest absolute Gasteiger partial charge is 0.186 e. The van der Waals surface area contributed by atoms with Gasteiger partial charge in [-0.05, 0) is 52.8 Å². The molecular formula is C22H28N2O2. The summed E-state index contributed by atoms with van der Waals surface area (Å²) < 4.78 is 5.13. The molecule has 0 N–H and O–H groups in total. The quantitative estimate of drug-likeness (QED) is 0.609. The van der Waals surface area contributed by atoms with Gasteiger partial charge in [0.25, 0.3) is 0 Å². The van der Waals surface area contributed by atoms with Crippen LogP contribution in [0.1, 0.15) is 41.5 Å². The van der Waals surface area contributed by atoms with E-state index in [-0.39, 0.29) is 16.6 Å². The number of benzene rings is 1. The zero-order chi connectivity index (χ0) is 19.5. The second kappa shape index (κ2) is 7.40. The van der Waals surface area contributed by atoms with Gasteiger partial charge in [-0.3, -0.25) is 4.79 Å². The first kappa shape index (κ1) is 19.8. The summed E-state index contributed by atoms with van der Waals surface area (Å²) in [7, 11) is 1.63. The van der Waals surface area contributed by atoms with Gasteiger partial charge in [-0.1, -0.05) is 41.5 Å². The van der Waals surface area contributed by atoms with Crippen LogP contribution in [0.3, 0.4) is 0 Å². The summed E-state index contributed by atoms with van der Waals surface area (Å²) in [5.74, 6) is 0.901. The Morgan fingerprint density at radius 1 is 0.885 bits per heavy atom. The summed E-state index contributed by atoms with van der Waals surface area (Å²) in [4.78, 5) is 12.9. The summed E-state index contributed by atoms with van der Waals surface area (Å²) in [6, 6.07) is 7.38. The number of azo groups is 1.